The van der Waals surface area contributed by atoms with Gasteiger partial charge in [-0.1, -0.05) is 0 Å². The van der Waals surface area contributed by atoms with Gasteiger partial charge >= 0.3 is 5.97 Å². The van der Waals surface area contributed by atoms with E-state index in [1.807, 2.05) is 23.9 Å². The molecule has 1 aliphatic carbocycles. The maximum atomic E-state index is 11.1. The number of carboxylic acid groups (broad SMARTS) is 1. The van der Waals surface area contributed by atoms with Gasteiger partial charge in [-0.15, -0.1) is 0 Å². The van der Waals surface area contributed by atoms with Gasteiger partial charge in [-0.3, -0.25) is 4.79 Å². The summed E-state index contributed by atoms with van der Waals surface area (Å²) >= 11 is 0. The van der Waals surface area contributed by atoms with Crippen LogP contribution in [0, 0.1) is 0 Å². The van der Waals surface area contributed by atoms with Crippen molar-refractivity contribution in [1.29, 1.82) is 0 Å². The predicted octanol–water partition coefficient (Wildman–Crippen LogP) is 0.808. The first-order valence-corrected chi connectivity index (χ1v) is 7.02. The molecule has 0 saturated heterocycles. The van der Waals surface area contributed by atoms with Crippen molar-refractivity contribution in [2.45, 2.75) is 25.7 Å². The van der Waals surface area contributed by atoms with Crippen LogP contribution in [-0.2, 0) is 17.6 Å². The zero-order valence-electron chi connectivity index (χ0n) is 12.2. The Bertz CT molecular complexity index is 476. The molecule has 1 heterocycles. The first-order chi connectivity index (χ1) is 9.58. The summed E-state index contributed by atoms with van der Waals surface area (Å²) in [6.07, 6.45) is 5.76. The van der Waals surface area contributed by atoms with Crippen molar-refractivity contribution in [1.82, 2.24) is 14.9 Å². The van der Waals surface area contributed by atoms with Crippen molar-refractivity contribution in [3.8, 4) is 0 Å². The Balaban J connectivity index is 2.25. The Kier molecular flexibility index (Phi) is 4.89. The van der Waals surface area contributed by atoms with E-state index in [-0.39, 0.29) is 6.54 Å². The van der Waals surface area contributed by atoms with E-state index in [9.17, 15) is 4.79 Å². The maximum Gasteiger partial charge on any atom is 0.323 e. The molecule has 0 atom stereocenters. The van der Waals surface area contributed by atoms with E-state index in [1.54, 1.807) is 6.33 Å². The lowest BCUT2D eigenvalue weighted by molar-refractivity contribution is -0.135. The van der Waals surface area contributed by atoms with Crippen molar-refractivity contribution in [3.63, 3.8) is 0 Å². The second-order valence-electron chi connectivity index (χ2n) is 5.45. The molecule has 0 fully saturated rings. The van der Waals surface area contributed by atoms with Crippen LogP contribution in [-0.4, -0.2) is 59.7 Å². The highest BCUT2D eigenvalue weighted by atomic mass is 16.4. The number of hydrogen-bond donors (Lipinski definition) is 1. The molecule has 0 bridgehead atoms. The third-order valence-electron chi connectivity index (χ3n) is 3.54. The number of likely N-dealkylation sites (N-methyl/N-ethyl adjacent to an activating group) is 1. The molecule has 0 saturated carbocycles. The molecule has 110 valence electrons. The molecule has 0 aromatic carbocycles. The van der Waals surface area contributed by atoms with E-state index in [4.69, 9.17) is 5.11 Å². The quantitative estimate of drug-likeness (QED) is 0.830. The Morgan fingerprint density at radius 2 is 2.00 bits per heavy atom. The molecule has 0 spiro atoms. The number of carboxylic acids is 1. The number of rotatable bonds is 6. The van der Waals surface area contributed by atoms with E-state index >= 15 is 0 Å². The van der Waals surface area contributed by atoms with Crippen molar-refractivity contribution >= 4 is 11.8 Å². The second kappa shape index (κ2) is 6.65. The second-order valence-corrected chi connectivity index (χ2v) is 5.45. The molecule has 2 rings (SSSR count). The summed E-state index contributed by atoms with van der Waals surface area (Å²) < 4.78 is 0. The van der Waals surface area contributed by atoms with Crippen molar-refractivity contribution in [3.05, 3.63) is 17.6 Å². The molecule has 0 aliphatic heterocycles. The molecule has 0 radical (unpaired) electrons. The molecule has 6 nitrogen and oxygen atoms in total. The summed E-state index contributed by atoms with van der Waals surface area (Å²) in [5.41, 5.74) is 2.22. The molecule has 1 aromatic rings. The topological polar surface area (TPSA) is 69.6 Å². The molecular formula is C14H22N4O2. The monoisotopic (exact) mass is 278 g/mol. The number of aryl methyl sites for hydroxylation is 1. The summed E-state index contributed by atoms with van der Waals surface area (Å²) in [7, 11) is 3.96. The van der Waals surface area contributed by atoms with E-state index in [0.29, 0.717) is 6.54 Å². The molecule has 0 unspecified atom stereocenters. The van der Waals surface area contributed by atoms with Crippen LogP contribution in [0.5, 0.6) is 0 Å². The summed E-state index contributed by atoms with van der Waals surface area (Å²) in [5.74, 6) is -0.0223. The Morgan fingerprint density at radius 1 is 1.25 bits per heavy atom. The third kappa shape index (κ3) is 3.66. The van der Waals surface area contributed by atoms with Gasteiger partial charge in [0.2, 0.25) is 0 Å². The summed E-state index contributed by atoms with van der Waals surface area (Å²) in [6, 6.07) is 0. The van der Waals surface area contributed by atoms with Crippen LogP contribution in [0.4, 0.5) is 5.82 Å². The summed E-state index contributed by atoms with van der Waals surface area (Å²) in [4.78, 5) is 23.7. The van der Waals surface area contributed by atoms with Crippen LogP contribution in [0.1, 0.15) is 24.1 Å². The van der Waals surface area contributed by atoms with E-state index in [2.05, 4.69) is 9.97 Å². The van der Waals surface area contributed by atoms with E-state index < -0.39 is 5.97 Å². The number of anilines is 1. The van der Waals surface area contributed by atoms with Gasteiger partial charge in [0.1, 0.15) is 18.7 Å². The minimum atomic E-state index is -0.827. The fourth-order valence-corrected chi connectivity index (χ4v) is 2.52. The normalized spacial score (nSPS) is 14.2. The highest BCUT2D eigenvalue weighted by molar-refractivity contribution is 5.73. The lowest BCUT2D eigenvalue weighted by Crippen LogP contribution is -2.37. The highest BCUT2D eigenvalue weighted by Crippen LogP contribution is 2.26. The van der Waals surface area contributed by atoms with E-state index in [1.165, 1.54) is 0 Å². The van der Waals surface area contributed by atoms with Gasteiger partial charge in [0.25, 0.3) is 0 Å². The molecular weight excluding hydrogens is 256 g/mol. The van der Waals surface area contributed by atoms with Crippen LogP contribution in [0.25, 0.3) is 0 Å². The van der Waals surface area contributed by atoms with E-state index in [0.717, 1.165) is 49.3 Å². The van der Waals surface area contributed by atoms with Crippen LogP contribution < -0.4 is 4.90 Å². The molecule has 0 amide bonds. The Morgan fingerprint density at radius 3 is 2.70 bits per heavy atom. The largest absolute Gasteiger partial charge is 0.480 e. The lowest BCUT2D eigenvalue weighted by atomic mass is 9.96. The number of carbonyl (C=O) groups is 1. The van der Waals surface area contributed by atoms with Crippen molar-refractivity contribution in [2.24, 2.45) is 0 Å². The van der Waals surface area contributed by atoms with Crippen LogP contribution in [0.15, 0.2) is 6.33 Å². The average Bonchev–Trinajstić information content (AvgIpc) is 2.42. The standard InChI is InChI=1S/C14H22N4O2/c1-17(2)7-8-18(9-13(19)20)14-11-5-3-4-6-12(11)15-10-16-14/h10H,3-9H2,1-2H3,(H,19,20). The van der Waals surface area contributed by atoms with Crippen molar-refractivity contribution in [2.75, 3.05) is 38.6 Å². The fraction of sp³-hybridized carbons (Fsp3) is 0.643. The molecule has 6 heteroatoms. The SMILES string of the molecule is CN(C)CCN(CC(=O)O)c1ncnc2c1CCCC2. The average molecular weight is 278 g/mol. The predicted molar refractivity (Wildman–Crippen MR) is 77.1 cm³/mol. The number of nitrogens with zero attached hydrogens (tertiary/aromatic N) is 4. The van der Waals surface area contributed by atoms with Gasteiger partial charge < -0.3 is 14.9 Å². The summed E-state index contributed by atoms with van der Waals surface area (Å²) in [5, 5.41) is 9.12. The lowest BCUT2D eigenvalue weighted by Gasteiger charge is -2.27. The fourth-order valence-electron chi connectivity index (χ4n) is 2.52. The van der Waals surface area contributed by atoms with Gasteiger partial charge in [0, 0.05) is 24.3 Å². The smallest absolute Gasteiger partial charge is 0.323 e. The number of hydrogen-bond acceptors (Lipinski definition) is 5. The first kappa shape index (κ1) is 14.7. The highest BCUT2D eigenvalue weighted by Gasteiger charge is 2.21. The third-order valence-corrected chi connectivity index (χ3v) is 3.54. The minimum absolute atomic E-state index is 0.0166. The van der Waals surface area contributed by atoms with Gasteiger partial charge in [-0.05, 0) is 39.8 Å². The van der Waals surface area contributed by atoms with Gasteiger partial charge in [-0.2, -0.15) is 0 Å². The minimum Gasteiger partial charge on any atom is -0.480 e. The molecule has 1 aliphatic rings. The van der Waals surface area contributed by atoms with Crippen LogP contribution >= 0.6 is 0 Å². The number of aliphatic carboxylic acids is 1. The number of fused-ring (bicyclic) bond motifs is 1. The van der Waals surface area contributed by atoms with Gasteiger partial charge in [0.05, 0.1) is 0 Å². The van der Waals surface area contributed by atoms with Crippen LogP contribution in [0.3, 0.4) is 0 Å². The zero-order chi connectivity index (χ0) is 14.5. The maximum absolute atomic E-state index is 11.1. The Labute approximate surface area is 119 Å². The zero-order valence-corrected chi connectivity index (χ0v) is 12.2. The van der Waals surface area contributed by atoms with Gasteiger partial charge in [0.15, 0.2) is 0 Å². The van der Waals surface area contributed by atoms with Gasteiger partial charge in [-0.25, -0.2) is 9.97 Å². The van der Waals surface area contributed by atoms with Crippen molar-refractivity contribution < 1.29 is 9.90 Å². The molecule has 1 aromatic heterocycles. The summed E-state index contributed by atoms with van der Waals surface area (Å²) in [6.45, 7) is 1.44. The Hall–Kier alpha value is -1.69. The first-order valence-electron chi connectivity index (χ1n) is 7.02. The molecule has 1 N–H and O–H groups in total. The van der Waals surface area contributed by atoms with Crippen LogP contribution in [0.2, 0.25) is 0 Å². The number of aromatic nitrogens is 2. The molecule has 20 heavy (non-hydrogen) atoms.